The van der Waals surface area contributed by atoms with Gasteiger partial charge in [-0.2, -0.15) is 0 Å². The molecule has 2 N–H and O–H groups in total. The Bertz CT molecular complexity index is 1100. The summed E-state index contributed by atoms with van der Waals surface area (Å²) in [5, 5.41) is 2.81. The van der Waals surface area contributed by atoms with E-state index in [0.29, 0.717) is 6.42 Å². The van der Waals surface area contributed by atoms with Gasteiger partial charge in [-0.15, -0.1) is 0 Å². The van der Waals surface area contributed by atoms with Crippen LogP contribution in [-0.4, -0.2) is 32.8 Å². The van der Waals surface area contributed by atoms with Gasteiger partial charge in [0, 0.05) is 37.3 Å². The molecule has 2 aromatic rings. The van der Waals surface area contributed by atoms with Crippen LogP contribution in [0.5, 0.6) is 0 Å². The van der Waals surface area contributed by atoms with Crippen molar-refractivity contribution >= 4 is 33.2 Å². The highest BCUT2D eigenvalue weighted by Crippen LogP contribution is 2.33. The van der Waals surface area contributed by atoms with Crippen molar-refractivity contribution in [3.8, 4) is 0 Å². The molecule has 7 nitrogen and oxygen atoms in total. The number of carbonyl (C=O) groups is 2. The molecule has 0 spiro atoms. The van der Waals surface area contributed by atoms with Crippen LogP contribution in [-0.2, 0) is 26.0 Å². The molecule has 2 aromatic carbocycles. The number of hydrogen-bond donors (Lipinski definition) is 2. The van der Waals surface area contributed by atoms with Crippen molar-refractivity contribution in [2.75, 3.05) is 16.8 Å². The highest BCUT2D eigenvalue weighted by atomic mass is 32.2. The molecular formula is C22H27N3O4S. The molecule has 1 atom stereocenters. The zero-order valence-corrected chi connectivity index (χ0v) is 18.5. The number of benzene rings is 2. The molecule has 2 amide bonds. The average Bonchev–Trinajstić information content (AvgIpc) is 2.99. The molecule has 0 unspecified atom stereocenters. The number of fused-ring (bicyclic) bond motifs is 1. The third-order valence-corrected chi connectivity index (χ3v) is 6.67. The predicted octanol–water partition coefficient (Wildman–Crippen LogP) is 2.91. The summed E-state index contributed by atoms with van der Waals surface area (Å²) < 4.78 is 27.8. The van der Waals surface area contributed by atoms with E-state index >= 15 is 0 Å². The van der Waals surface area contributed by atoms with E-state index in [9.17, 15) is 18.0 Å². The Morgan fingerprint density at radius 1 is 1.13 bits per heavy atom. The Labute approximate surface area is 177 Å². The van der Waals surface area contributed by atoms with E-state index in [1.54, 1.807) is 17.0 Å². The van der Waals surface area contributed by atoms with Gasteiger partial charge in [-0.25, -0.2) is 13.1 Å². The normalized spacial score (nSPS) is 15.7. The molecule has 0 fully saturated rings. The molecule has 1 aliphatic heterocycles. The number of amides is 2. The monoisotopic (exact) mass is 429 g/mol. The zero-order valence-electron chi connectivity index (χ0n) is 17.7. The van der Waals surface area contributed by atoms with Crippen molar-refractivity contribution in [2.45, 2.75) is 51.5 Å². The van der Waals surface area contributed by atoms with Crippen LogP contribution in [0.3, 0.4) is 0 Å². The van der Waals surface area contributed by atoms with Crippen LogP contribution in [0.15, 0.2) is 41.3 Å². The first-order chi connectivity index (χ1) is 14.1. The lowest BCUT2D eigenvalue weighted by molar-refractivity contribution is -0.117. The molecule has 3 rings (SSSR count). The average molecular weight is 430 g/mol. The fourth-order valence-electron chi connectivity index (χ4n) is 3.80. The van der Waals surface area contributed by atoms with Gasteiger partial charge in [-0.1, -0.05) is 17.7 Å². The summed E-state index contributed by atoms with van der Waals surface area (Å²) in [7, 11) is -3.75. The summed E-state index contributed by atoms with van der Waals surface area (Å²) in [6.45, 7) is 7.31. The third-order valence-electron chi connectivity index (χ3n) is 5.22. The highest BCUT2D eigenvalue weighted by Gasteiger charge is 2.30. The summed E-state index contributed by atoms with van der Waals surface area (Å²) in [5.41, 5.74) is 4.36. The van der Waals surface area contributed by atoms with Crippen LogP contribution < -0.4 is 14.9 Å². The molecule has 1 aliphatic rings. The number of nitrogens with zero attached hydrogens (tertiary/aromatic N) is 1. The summed E-state index contributed by atoms with van der Waals surface area (Å²) in [5.74, 6) is -0.325. The Morgan fingerprint density at radius 3 is 2.53 bits per heavy atom. The molecule has 160 valence electrons. The Hall–Kier alpha value is -2.71. The first-order valence-electron chi connectivity index (χ1n) is 9.88. The minimum Gasteiger partial charge on any atom is -0.326 e. The third kappa shape index (κ3) is 4.71. The van der Waals surface area contributed by atoms with Crippen LogP contribution in [0.1, 0.15) is 37.0 Å². The predicted molar refractivity (Wildman–Crippen MR) is 117 cm³/mol. The van der Waals surface area contributed by atoms with Crippen LogP contribution in [0.25, 0.3) is 0 Å². The van der Waals surface area contributed by atoms with Gasteiger partial charge in [-0.3, -0.25) is 9.59 Å². The molecule has 0 bridgehead atoms. The summed E-state index contributed by atoms with van der Waals surface area (Å²) >= 11 is 0. The lowest BCUT2D eigenvalue weighted by atomic mass is 10.1. The number of sulfonamides is 1. The maximum atomic E-state index is 12.6. The number of nitrogens with one attached hydrogen (secondary N) is 2. The number of anilines is 2. The van der Waals surface area contributed by atoms with E-state index in [1.807, 2.05) is 39.0 Å². The van der Waals surface area contributed by atoms with Gasteiger partial charge >= 0.3 is 0 Å². The Balaban J connectivity index is 1.61. The number of rotatable bonds is 6. The first kappa shape index (κ1) is 22.0. The van der Waals surface area contributed by atoms with Crippen molar-refractivity contribution in [1.82, 2.24) is 4.72 Å². The largest absolute Gasteiger partial charge is 0.326 e. The fraction of sp³-hybridized carbons (Fsp3) is 0.364. The summed E-state index contributed by atoms with van der Waals surface area (Å²) in [6.07, 6.45) is 0.628. The standard InChI is InChI=1S/C22H27N3O4S/c1-14-5-7-20(15(2)11-14)24-22(27)9-10-23-30(28,29)19-6-8-21-18(13-19)12-16(3)25(21)17(4)26/h5-8,11,13,16,23H,9-10,12H2,1-4H3,(H,24,27)/t16-/m1/s1. The molecule has 0 saturated heterocycles. The smallest absolute Gasteiger partial charge is 0.240 e. The van der Waals surface area contributed by atoms with E-state index < -0.39 is 10.0 Å². The first-order valence-corrected chi connectivity index (χ1v) is 11.4. The van der Waals surface area contributed by atoms with Gasteiger partial charge in [0.25, 0.3) is 0 Å². The van der Waals surface area contributed by atoms with Gasteiger partial charge < -0.3 is 10.2 Å². The highest BCUT2D eigenvalue weighted by molar-refractivity contribution is 7.89. The van der Waals surface area contributed by atoms with Crippen LogP contribution in [0.4, 0.5) is 11.4 Å². The molecule has 0 aromatic heterocycles. The van der Waals surface area contributed by atoms with Gasteiger partial charge in [-0.05, 0) is 62.6 Å². The van der Waals surface area contributed by atoms with Gasteiger partial charge in [0.2, 0.25) is 21.8 Å². The van der Waals surface area contributed by atoms with E-state index in [2.05, 4.69) is 10.0 Å². The maximum Gasteiger partial charge on any atom is 0.240 e. The molecule has 0 radical (unpaired) electrons. The molecule has 0 aliphatic carbocycles. The summed E-state index contributed by atoms with van der Waals surface area (Å²) in [4.78, 5) is 25.8. The minimum absolute atomic E-state index is 0.00246. The second-order valence-corrected chi connectivity index (χ2v) is 9.51. The fourth-order valence-corrected chi connectivity index (χ4v) is 4.89. The van der Waals surface area contributed by atoms with Crippen LogP contribution in [0.2, 0.25) is 0 Å². The molecule has 30 heavy (non-hydrogen) atoms. The molecule has 1 heterocycles. The second kappa shape index (κ2) is 8.57. The van der Waals surface area contributed by atoms with E-state index in [0.717, 1.165) is 28.1 Å². The van der Waals surface area contributed by atoms with E-state index in [4.69, 9.17) is 0 Å². The second-order valence-electron chi connectivity index (χ2n) is 7.75. The van der Waals surface area contributed by atoms with Crippen molar-refractivity contribution in [2.24, 2.45) is 0 Å². The Morgan fingerprint density at radius 2 is 1.87 bits per heavy atom. The molecular weight excluding hydrogens is 402 g/mol. The zero-order chi connectivity index (χ0) is 22.1. The van der Waals surface area contributed by atoms with Gasteiger partial charge in [0.05, 0.1) is 4.90 Å². The van der Waals surface area contributed by atoms with Gasteiger partial charge in [0.1, 0.15) is 0 Å². The topological polar surface area (TPSA) is 95.6 Å². The maximum absolute atomic E-state index is 12.6. The summed E-state index contributed by atoms with van der Waals surface area (Å²) in [6, 6.07) is 10.5. The lowest BCUT2D eigenvalue weighted by Gasteiger charge is -2.20. The minimum atomic E-state index is -3.75. The van der Waals surface area contributed by atoms with Crippen molar-refractivity contribution < 1.29 is 18.0 Å². The van der Waals surface area contributed by atoms with Crippen molar-refractivity contribution in [3.05, 3.63) is 53.1 Å². The van der Waals surface area contributed by atoms with Gasteiger partial charge in [0.15, 0.2) is 0 Å². The van der Waals surface area contributed by atoms with E-state index in [-0.39, 0.29) is 35.7 Å². The van der Waals surface area contributed by atoms with E-state index in [1.165, 1.54) is 13.0 Å². The lowest BCUT2D eigenvalue weighted by Crippen LogP contribution is -2.33. The number of aryl methyl sites for hydroxylation is 2. The van der Waals surface area contributed by atoms with Crippen molar-refractivity contribution in [3.63, 3.8) is 0 Å². The van der Waals surface area contributed by atoms with Crippen LogP contribution in [0, 0.1) is 13.8 Å². The van der Waals surface area contributed by atoms with Crippen LogP contribution >= 0.6 is 0 Å². The SMILES string of the molecule is CC(=O)N1c2ccc(S(=O)(=O)NCCC(=O)Nc3ccc(C)cc3C)cc2C[C@H]1C. The number of hydrogen-bond acceptors (Lipinski definition) is 4. The quantitative estimate of drug-likeness (QED) is 0.738. The Kier molecular flexibility index (Phi) is 6.28. The van der Waals surface area contributed by atoms with Crippen molar-refractivity contribution in [1.29, 1.82) is 0 Å². The molecule has 8 heteroatoms. The number of carbonyl (C=O) groups excluding carboxylic acids is 2. The molecule has 0 saturated carbocycles.